The first-order valence-corrected chi connectivity index (χ1v) is 9.65. The molecule has 0 spiro atoms. The van der Waals surface area contributed by atoms with Crippen molar-refractivity contribution < 1.29 is 0 Å². The van der Waals surface area contributed by atoms with Gasteiger partial charge in [-0.05, 0) is 46.1 Å². The van der Waals surface area contributed by atoms with Crippen molar-refractivity contribution in [1.29, 1.82) is 0 Å². The number of guanidine groups is 1. The van der Waals surface area contributed by atoms with Crippen molar-refractivity contribution in [1.82, 2.24) is 25.0 Å². The Kier molecular flexibility index (Phi) is 5.11. The number of fused-ring (bicyclic) bond motifs is 2. The highest BCUT2D eigenvalue weighted by molar-refractivity contribution is 9.10. The Morgan fingerprint density at radius 1 is 1.19 bits per heavy atom. The molecule has 4 rings (SSSR count). The fraction of sp³-hybridized carbons (Fsp3) is 0.200. The summed E-state index contributed by atoms with van der Waals surface area (Å²) >= 11 is 3.48. The lowest BCUT2D eigenvalue weighted by atomic mass is 10.1. The number of H-pyrrole nitrogens is 1. The molecule has 0 atom stereocenters. The summed E-state index contributed by atoms with van der Waals surface area (Å²) in [4.78, 5) is 12.2. The van der Waals surface area contributed by atoms with Gasteiger partial charge in [-0.25, -0.2) is 4.98 Å². The highest BCUT2D eigenvalue weighted by Gasteiger charge is 2.05. The van der Waals surface area contributed by atoms with E-state index in [1.54, 1.807) is 7.05 Å². The number of aromatic nitrogens is 3. The zero-order chi connectivity index (χ0) is 18.6. The van der Waals surface area contributed by atoms with Gasteiger partial charge < -0.3 is 20.0 Å². The average molecular weight is 425 g/mol. The van der Waals surface area contributed by atoms with Crippen LogP contribution < -0.4 is 10.6 Å². The zero-order valence-electron chi connectivity index (χ0n) is 15.0. The van der Waals surface area contributed by atoms with E-state index in [1.807, 2.05) is 35.0 Å². The summed E-state index contributed by atoms with van der Waals surface area (Å²) in [6, 6.07) is 12.3. The highest BCUT2D eigenvalue weighted by Crippen LogP contribution is 2.17. The number of imidazole rings is 1. The second kappa shape index (κ2) is 7.84. The average Bonchev–Trinajstić information content (AvgIpc) is 3.28. The van der Waals surface area contributed by atoms with Crippen molar-refractivity contribution in [3.63, 3.8) is 0 Å². The Labute approximate surface area is 165 Å². The van der Waals surface area contributed by atoms with Crippen LogP contribution in [0.15, 0.2) is 64.5 Å². The maximum absolute atomic E-state index is 4.61. The first-order chi connectivity index (χ1) is 13.2. The molecular formula is C20H21BrN6. The standard InChI is InChI=1S/C20H21BrN6/c1-22-20(23-9-8-14-10-24-18-5-3-2-4-17(14)18)25-11-16-13-27-12-15(21)6-7-19(27)26-16/h2-7,10,12-13,24H,8-9,11H2,1H3,(H2,22,23,25). The smallest absolute Gasteiger partial charge is 0.191 e. The quantitative estimate of drug-likeness (QED) is 0.339. The minimum Gasteiger partial charge on any atom is -0.361 e. The molecule has 1 aromatic carbocycles. The van der Waals surface area contributed by atoms with E-state index in [1.165, 1.54) is 16.5 Å². The van der Waals surface area contributed by atoms with Crippen LogP contribution in [0, 0.1) is 0 Å². The van der Waals surface area contributed by atoms with Gasteiger partial charge in [-0.3, -0.25) is 4.99 Å². The number of nitrogens with one attached hydrogen (secondary N) is 3. The summed E-state index contributed by atoms with van der Waals surface area (Å²) in [6.45, 7) is 1.42. The molecule has 0 amide bonds. The van der Waals surface area contributed by atoms with Gasteiger partial charge in [0.05, 0.1) is 12.2 Å². The molecule has 3 heterocycles. The van der Waals surface area contributed by atoms with E-state index in [4.69, 9.17) is 0 Å². The summed E-state index contributed by atoms with van der Waals surface area (Å²) in [5.41, 5.74) is 4.37. The predicted octanol–water partition coefficient (Wildman–Crippen LogP) is 3.49. The van der Waals surface area contributed by atoms with Crippen molar-refractivity contribution in [2.75, 3.05) is 13.6 Å². The number of halogens is 1. The van der Waals surface area contributed by atoms with Gasteiger partial charge in [0.2, 0.25) is 0 Å². The number of rotatable bonds is 5. The molecule has 0 unspecified atom stereocenters. The largest absolute Gasteiger partial charge is 0.361 e. The number of pyridine rings is 1. The normalized spacial score (nSPS) is 12.0. The van der Waals surface area contributed by atoms with Gasteiger partial charge in [-0.2, -0.15) is 0 Å². The first kappa shape index (κ1) is 17.6. The van der Waals surface area contributed by atoms with Crippen LogP contribution in [0.25, 0.3) is 16.6 Å². The van der Waals surface area contributed by atoms with Crippen LogP contribution in [-0.2, 0) is 13.0 Å². The molecule has 27 heavy (non-hydrogen) atoms. The summed E-state index contributed by atoms with van der Waals surface area (Å²) < 4.78 is 3.04. The molecule has 3 N–H and O–H groups in total. The van der Waals surface area contributed by atoms with Crippen LogP contribution in [0.1, 0.15) is 11.3 Å². The summed E-state index contributed by atoms with van der Waals surface area (Å²) in [5.74, 6) is 0.771. The third-order valence-electron chi connectivity index (χ3n) is 4.49. The zero-order valence-corrected chi connectivity index (χ0v) is 16.6. The topological polar surface area (TPSA) is 69.5 Å². The van der Waals surface area contributed by atoms with Crippen LogP contribution in [0.3, 0.4) is 0 Å². The van der Waals surface area contributed by atoms with E-state index < -0.39 is 0 Å². The van der Waals surface area contributed by atoms with Crippen LogP contribution in [0.5, 0.6) is 0 Å². The molecule has 6 nitrogen and oxygen atoms in total. The number of aliphatic imine (C=N–C) groups is 1. The minimum absolute atomic E-state index is 0.617. The third-order valence-corrected chi connectivity index (χ3v) is 4.96. The van der Waals surface area contributed by atoms with E-state index in [-0.39, 0.29) is 0 Å². The van der Waals surface area contributed by atoms with Gasteiger partial charge in [-0.1, -0.05) is 18.2 Å². The van der Waals surface area contributed by atoms with E-state index in [0.717, 1.165) is 34.7 Å². The maximum Gasteiger partial charge on any atom is 0.191 e. The molecule has 4 aromatic rings. The molecule has 0 aliphatic carbocycles. The maximum atomic E-state index is 4.61. The minimum atomic E-state index is 0.617. The Morgan fingerprint density at radius 2 is 2.07 bits per heavy atom. The molecule has 0 aliphatic rings. The lowest BCUT2D eigenvalue weighted by Gasteiger charge is -2.10. The number of aromatic amines is 1. The predicted molar refractivity (Wildman–Crippen MR) is 113 cm³/mol. The molecule has 0 bridgehead atoms. The number of nitrogens with zero attached hydrogens (tertiary/aromatic N) is 3. The molecule has 3 aromatic heterocycles. The molecule has 0 fully saturated rings. The molecule has 138 valence electrons. The lowest BCUT2D eigenvalue weighted by Crippen LogP contribution is -2.37. The Hall–Kier alpha value is -2.80. The van der Waals surface area contributed by atoms with Gasteiger partial charge in [0.15, 0.2) is 5.96 Å². The number of hydrogen-bond donors (Lipinski definition) is 3. The third kappa shape index (κ3) is 3.98. The summed E-state index contributed by atoms with van der Waals surface area (Å²) in [5, 5.41) is 7.97. The fourth-order valence-electron chi connectivity index (χ4n) is 3.15. The van der Waals surface area contributed by atoms with E-state index in [0.29, 0.717) is 6.54 Å². The Morgan fingerprint density at radius 3 is 2.96 bits per heavy atom. The molecule has 0 radical (unpaired) electrons. The molecular weight excluding hydrogens is 404 g/mol. The van der Waals surface area contributed by atoms with Crippen molar-refractivity contribution in [2.45, 2.75) is 13.0 Å². The second-order valence-electron chi connectivity index (χ2n) is 6.31. The first-order valence-electron chi connectivity index (χ1n) is 8.85. The molecule has 0 saturated heterocycles. The van der Waals surface area contributed by atoms with E-state index >= 15 is 0 Å². The van der Waals surface area contributed by atoms with Gasteiger partial charge in [0.25, 0.3) is 0 Å². The van der Waals surface area contributed by atoms with Crippen LogP contribution >= 0.6 is 15.9 Å². The highest BCUT2D eigenvalue weighted by atomic mass is 79.9. The van der Waals surface area contributed by atoms with Crippen LogP contribution in [0.2, 0.25) is 0 Å². The SMILES string of the molecule is CN=C(NCCc1c[nH]c2ccccc12)NCc1cn2cc(Br)ccc2n1. The van der Waals surface area contributed by atoms with Gasteiger partial charge in [-0.15, -0.1) is 0 Å². The van der Waals surface area contributed by atoms with E-state index in [9.17, 15) is 0 Å². The van der Waals surface area contributed by atoms with Crippen molar-refractivity contribution in [3.05, 3.63) is 70.7 Å². The van der Waals surface area contributed by atoms with Crippen LogP contribution in [-0.4, -0.2) is 33.9 Å². The van der Waals surface area contributed by atoms with E-state index in [2.05, 4.69) is 65.9 Å². The van der Waals surface area contributed by atoms with Crippen molar-refractivity contribution in [2.24, 2.45) is 4.99 Å². The van der Waals surface area contributed by atoms with Crippen LogP contribution in [0.4, 0.5) is 0 Å². The van der Waals surface area contributed by atoms with Gasteiger partial charge in [0, 0.05) is 47.6 Å². The number of benzene rings is 1. The fourth-order valence-corrected chi connectivity index (χ4v) is 3.50. The monoisotopic (exact) mass is 424 g/mol. The Bertz CT molecular complexity index is 1090. The summed E-state index contributed by atoms with van der Waals surface area (Å²) in [7, 11) is 1.78. The molecule has 0 saturated carbocycles. The summed E-state index contributed by atoms with van der Waals surface area (Å²) in [6.07, 6.45) is 7.02. The number of para-hydroxylation sites is 1. The second-order valence-corrected chi connectivity index (χ2v) is 7.22. The van der Waals surface area contributed by atoms with Gasteiger partial charge in [0.1, 0.15) is 5.65 Å². The molecule has 0 aliphatic heterocycles. The van der Waals surface area contributed by atoms with Crippen molar-refractivity contribution in [3.8, 4) is 0 Å². The Balaban J connectivity index is 1.32. The number of hydrogen-bond acceptors (Lipinski definition) is 2. The lowest BCUT2D eigenvalue weighted by molar-refractivity contribution is 0.788. The van der Waals surface area contributed by atoms with Gasteiger partial charge >= 0.3 is 0 Å². The van der Waals surface area contributed by atoms with Crippen molar-refractivity contribution >= 4 is 38.4 Å². The molecule has 7 heteroatoms.